The van der Waals surface area contributed by atoms with Crippen LogP contribution in [-0.4, -0.2) is 70.2 Å². The summed E-state index contributed by atoms with van der Waals surface area (Å²) in [5, 5.41) is 11.0. The molecule has 3 rings (SSSR count). The predicted octanol–water partition coefficient (Wildman–Crippen LogP) is -1.20. The molecule has 1 amide bonds. The van der Waals surface area contributed by atoms with Gasteiger partial charge in [0.1, 0.15) is 12.2 Å². The number of nitrogens with zero attached hydrogens (tertiary/aromatic N) is 4. The third-order valence-electron chi connectivity index (χ3n) is 3.81. The van der Waals surface area contributed by atoms with Crippen LogP contribution in [0.3, 0.4) is 0 Å². The fraction of sp³-hybridized carbons (Fsp3) is 0.667. The average molecular weight is 330 g/mol. The molecule has 0 aromatic carbocycles. The van der Waals surface area contributed by atoms with Crippen LogP contribution in [0.5, 0.6) is 0 Å². The molecule has 3 heterocycles. The van der Waals surface area contributed by atoms with E-state index in [1.165, 1.54) is 6.33 Å². The molecule has 1 saturated heterocycles. The topological polar surface area (TPSA) is 122 Å². The van der Waals surface area contributed by atoms with E-state index in [1.54, 1.807) is 9.58 Å². The summed E-state index contributed by atoms with van der Waals surface area (Å²) < 4.78 is 24.5. The van der Waals surface area contributed by atoms with Gasteiger partial charge in [0, 0.05) is 19.5 Å². The largest absolute Gasteiger partial charge is 0.483 e. The summed E-state index contributed by atoms with van der Waals surface area (Å²) in [5.74, 6) is 1.04. The van der Waals surface area contributed by atoms with Crippen molar-refractivity contribution in [3.63, 3.8) is 0 Å². The zero-order chi connectivity index (χ0) is 16.2. The van der Waals surface area contributed by atoms with E-state index >= 15 is 0 Å². The Balaban J connectivity index is 0.000000545. The van der Waals surface area contributed by atoms with Crippen molar-refractivity contribution in [1.29, 1.82) is 0 Å². The quantitative estimate of drug-likeness (QED) is 0.641. The highest BCUT2D eigenvalue weighted by atomic mass is 32.2. The molecule has 1 aromatic heterocycles. The minimum atomic E-state index is -2.94. The van der Waals surface area contributed by atoms with E-state index in [0.717, 1.165) is 18.7 Å². The first-order valence-corrected chi connectivity index (χ1v) is 8.72. The van der Waals surface area contributed by atoms with E-state index in [1.807, 2.05) is 0 Å². The highest BCUT2D eigenvalue weighted by Gasteiger charge is 2.32. The van der Waals surface area contributed by atoms with Crippen molar-refractivity contribution in [2.45, 2.75) is 19.4 Å². The number of amides is 1. The predicted molar refractivity (Wildman–Crippen MR) is 75.8 cm³/mol. The summed E-state index contributed by atoms with van der Waals surface area (Å²) in [6.07, 6.45) is 3.03. The summed E-state index contributed by atoms with van der Waals surface area (Å²) in [5.41, 5.74) is 0. The molecule has 0 bridgehead atoms. The Labute approximate surface area is 127 Å². The lowest BCUT2D eigenvalue weighted by Crippen LogP contribution is -2.47. The van der Waals surface area contributed by atoms with Gasteiger partial charge in [0.25, 0.3) is 6.47 Å². The summed E-state index contributed by atoms with van der Waals surface area (Å²) >= 11 is 0. The number of aromatic nitrogens is 3. The number of fused-ring (bicyclic) bond motifs is 1. The summed E-state index contributed by atoms with van der Waals surface area (Å²) in [6.45, 7) is 0.946. The number of carbonyl (C=O) groups excluding carboxylic acids is 1. The molecule has 1 unspecified atom stereocenters. The second-order valence-corrected chi connectivity index (χ2v) is 7.48. The Morgan fingerprint density at radius 1 is 1.36 bits per heavy atom. The van der Waals surface area contributed by atoms with E-state index < -0.39 is 9.84 Å². The van der Waals surface area contributed by atoms with Crippen LogP contribution in [-0.2, 0) is 32.4 Å². The first-order chi connectivity index (χ1) is 10.5. The lowest BCUT2D eigenvalue weighted by atomic mass is 9.98. The monoisotopic (exact) mass is 330 g/mol. The highest BCUT2D eigenvalue weighted by Crippen LogP contribution is 2.20. The number of aryl methyl sites for hydroxylation is 1. The van der Waals surface area contributed by atoms with Crippen LogP contribution in [0.15, 0.2) is 6.33 Å². The minimum absolute atomic E-state index is 0.0519. The van der Waals surface area contributed by atoms with E-state index in [4.69, 9.17) is 9.90 Å². The van der Waals surface area contributed by atoms with Crippen molar-refractivity contribution in [3.8, 4) is 0 Å². The molecule has 2 aliphatic heterocycles. The van der Waals surface area contributed by atoms with Crippen molar-refractivity contribution in [2.75, 3.05) is 24.6 Å². The molecule has 0 radical (unpaired) electrons. The molecule has 9 nitrogen and oxygen atoms in total. The fourth-order valence-electron chi connectivity index (χ4n) is 2.63. The van der Waals surface area contributed by atoms with Crippen LogP contribution in [0.25, 0.3) is 0 Å². The van der Waals surface area contributed by atoms with Crippen LogP contribution in [0, 0.1) is 5.92 Å². The molecule has 0 saturated carbocycles. The number of hydrogen-bond donors (Lipinski definition) is 1. The smallest absolute Gasteiger partial charge is 0.290 e. The molecule has 22 heavy (non-hydrogen) atoms. The molecular weight excluding hydrogens is 312 g/mol. The summed E-state index contributed by atoms with van der Waals surface area (Å²) in [4.78, 5) is 26.5. The van der Waals surface area contributed by atoms with Crippen LogP contribution in [0.1, 0.15) is 12.2 Å². The van der Waals surface area contributed by atoms with E-state index in [-0.39, 0.29) is 29.8 Å². The maximum Gasteiger partial charge on any atom is 0.290 e. The maximum atomic E-state index is 12.4. The van der Waals surface area contributed by atoms with Gasteiger partial charge >= 0.3 is 0 Å². The molecular formula is C12H18N4O5S. The lowest BCUT2D eigenvalue weighted by molar-refractivity contribution is -0.136. The van der Waals surface area contributed by atoms with Crippen LogP contribution in [0.4, 0.5) is 0 Å². The Morgan fingerprint density at radius 3 is 2.64 bits per heavy atom. The van der Waals surface area contributed by atoms with Gasteiger partial charge in [-0.15, -0.1) is 0 Å². The molecule has 10 heteroatoms. The zero-order valence-electron chi connectivity index (χ0n) is 12.0. The van der Waals surface area contributed by atoms with Gasteiger partial charge in [-0.25, -0.2) is 18.1 Å². The zero-order valence-corrected chi connectivity index (χ0v) is 12.8. The number of hydrogen-bond acceptors (Lipinski definition) is 6. The first kappa shape index (κ1) is 16.4. The number of carboxylic acid groups (broad SMARTS) is 1. The summed E-state index contributed by atoms with van der Waals surface area (Å²) in [7, 11) is -2.94. The standard InChI is InChI=1S/C11H16N4O3S.CH2O2/c16-11(14-3-5-19(17,18)6-4-14)9-1-2-10-12-8-13-15(10)7-9;2-1-3/h8-9H,1-7H2;1H,(H,2,3). The Kier molecular flexibility index (Phi) is 5.11. The molecule has 0 spiro atoms. The first-order valence-electron chi connectivity index (χ1n) is 6.90. The van der Waals surface area contributed by atoms with Crippen LogP contribution >= 0.6 is 0 Å². The van der Waals surface area contributed by atoms with Gasteiger partial charge in [-0.2, -0.15) is 5.10 Å². The SMILES string of the molecule is O=C(C1CCc2ncnn2C1)N1CCS(=O)(=O)CC1.O=CO. The van der Waals surface area contributed by atoms with Gasteiger partial charge in [0.05, 0.1) is 24.0 Å². The van der Waals surface area contributed by atoms with Gasteiger partial charge in [-0.3, -0.25) is 9.59 Å². The molecule has 1 aromatic rings. The van der Waals surface area contributed by atoms with Crippen molar-refractivity contribution in [3.05, 3.63) is 12.2 Å². The van der Waals surface area contributed by atoms with Gasteiger partial charge in [-0.1, -0.05) is 0 Å². The third-order valence-corrected chi connectivity index (χ3v) is 5.42. The lowest BCUT2D eigenvalue weighted by Gasteiger charge is -2.31. The third kappa shape index (κ3) is 3.81. The maximum absolute atomic E-state index is 12.4. The van der Waals surface area contributed by atoms with Crippen molar-refractivity contribution >= 4 is 22.2 Å². The van der Waals surface area contributed by atoms with Crippen LogP contribution in [0.2, 0.25) is 0 Å². The molecule has 1 atom stereocenters. The fourth-order valence-corrected chi connectivity index (χ4v) is 3.83. The van der Waals surface area contributed by atoms with Crippen molar-refractivity contribution in [1.82, 2.24) is 19.7 Å². The van der Waals surface area contributed by atoms with Crippen molar-refractivity contribution in [2.24, 2.45) is 5.92 Å². The van der Waals surface area contributed by atoms with E-state index in [2.05, 4.69) is 10.1 Å². The number of rotatable bonds is 1. The molecule has 122 valence electrons. The van der Waals surface area contributed by atoms with Gasteiger partial charge in [0.2, 0.25) is 5.91 Å². The van der Waals surface area contributed by atoms with Gasteiger partial charge in [0.15, 0.2) is 9.84 Å². The normalized spacial score (nSPS) is 22.9. The van der Waals surface area contributed by atoms with Crippen molar-refractivity contribution < 1.29 is 23.1 Å². The van der Waals surface area contributed by atoms with E-state index in [0.29, 0.717) is 19.6 Å². The van der Waals surface area contributed by atoms with Gasteiger partial charge < -0.3 is 10.0 Å². The van der Waals surface area contributed by atoms with E-state index in [9.17, 15) is 13.2 Å². The van der Waals surface area contributed by atoms with Crippen LogP contribution < -0.4 is 0 Å². The Morgan fingerprint density at radius 2 is 2.00 bits per heavy atom. The molecule has 1 N–H and O–H groups in total. The Bertz CT molecular complexity index is 628. The van der Waals surface area contributed by atoms with Gasteiger partial charge in [-0.05, 0) is 6.42 Å². The number of sulfone groups is 1. The average Bonchev–Trinajstić information content (AvgIpc) is 2.94. The minimum Gasteiger partial charge on any atom is -0.483 e. The summed E-state index contributed by atoms with van der Waals surface area (Å²) in [6, 6.07) is 0. The Hall–Kier alpha value is -1.97. The molecule has 2 aliphatic rings. The molecule has 0 aliphatic carbocycles. The highest BCUT2D eigenvalue weighted by molar-refractivity contribution is 7.91. The number of carbonyl (C=O) groups is 2. The second-order valence-electron chi connectivity index (χ2n) is 5.18. The second kappa shape index (κ2) is 6.86. The molecule has 1 fully saturated rings.